The Hall–Kier alpha value is -1.33. The van der Waals surface area contributed by atoms with Crippen molar-refractivity contribution in [3.63, 3.8) is 0 Å². The summed E-state index contributed by atoms with van der Waals surface area (Å²) in [5, 5.41) is 9.10. The number of anilines is 1. The molecular formula is C13H12BrNO2S. The van der Waals surface area contributed by atoms with Crippen LogP contribution < -0.4 is 5.73 Å². The first kappa shape index (κ1) is 13.1. The molecular weight excluding hydrogens is 314 g/mol. The molecule has 0 aliphatic rings. The second kappa shape index (κ2) is 4.74. The van der Waals surface area contributed by atoms with Gasteiger partial charge in [-0.1, -0.05) is 28.1 Å². The molecule has 2 aromatic rings. The number of halogens is 1. The van der Waals surface area contributed by atoms with E-state index in [0.717, 1.165) is 26.0 Å². The van der Waals surface area contributed by atoms with Crippen molar-refractivity contribution in [3.8, 4) is 10.4 Å². The number of nitrogen functional groups attached to an aromatic ring is 1. The highest BCUT2D eigenvalue weighted by Gasteiger charge is 2.19. The van der Waals surface area contributed by atoms with Crippen LogP contribution in [0.2, 0.25) is 0 Å². The Morgan fingerprint density at radius 2 is 2.00 bits per heavy atom. The van der Waals surface area contributed by atoms with Crippen LogP contribution in [0.4, 0.5) is 5.69 Å². The maximum Gasteiger partial charge on any atom is 0.348 e. The van der Waals surface area contributed by atoms with E-state index in [9.17, 15) is 4.79 Å². The summed E-state index contributed by atoms with van der Waals surface area (Å²) >= 11 is 4.70. The van der Waals surface area contributed by atoms with Gasteiger partial charge in [-0.2, -0.15) is 0 Å². The molecule has 0 aliphatic heterocycles. The molecule has 0 radical (unpaired) electrons. The average Bonchev–Trinajstić information content (AvgIpc) is 2.61. The topological polar surface area (TPSA) is 63.3 Å². The molecule has 0 spiro atoms. The first-order valence-corrected chi connectivity index (χ1v) is 6.92. The number of aromatic carboxylic acids is 1. The van der Waals surface area contributed by atoms with E-state index < -0.39 is 5.97 Å². The third-order valence-corrected chi connectivity index (χ3v) is 5.09. The zero-order chi connectivity index (χ0) is 13.4. The molecule has 3 N–H and O–H groups in total. The van der Waals surface area contributed by atoms with Crippen LogP contribution in [0.15, 0.2) is 22.7 Å². The molecule has 0 saturated carbocycles. The molecule has 0 bridgehead atoms. The summed E-state index contributed by atoms with van der Waals surface area (Å²) in [6.07, 6.45) is 0. The fraction of sp³-hybridized carbons (Fsp3) is 0.154. The Kier molecular flexibility index (Phi) is 3.45. The van der Waals surface area contributed by atoms with Crippen molar-refractivity contribution in [2.45, 2.75) is 13.8 Å². The van der Waals surface area contributed by atoms with Crippen molar-refractivity contribution in [3.05, 3.63) is 38.7 Å². The van der Waals surface area contributed by atoms with Crippen molar-refractivity contribution in [1.29, 1.82) is 0 Å². The third kappa shape index (κ3) is 2.04. The van der Waals surface area contributed by atoms with Crippen LogP contribution in [0.5, 0.6) is 0 Å². The minimum atomic E-state index is -0.973. The van der Waals surface area contributed by atoms with Gasteiger partial charge in [0.25, 0.3) is 0 Å². The lowest BCUT2D eigenvalue weighted by molar-refractivity contribution is 0.0703. The molecule has 2 rings (SSSR count). The lowest BCUT2D eigenvalue weighted by Crippen LogP contribution is -1.97. The maximum atomic E-state index is 11.1. The molecule has 0 unspecified atom stereocenters. The van der Waals surface area contributed by atoms with Crippen LogP contribution in [-0.2, 0) is 0 Å². The van der Waals surface area contributed by atoms with Crippen molar-refractivity contribution in [2.24, 2.45) is 0 Å². The van der Waals surface area contributed by atoms with Gasteiger partial charge in [0.2, 0.25) is 0 Å². The van der Waals surface area contributed by atoms with E-state index in [1.165, 1.54) is 11.3 Å². The molecule has 0 atom stereocenters. The van der Waals surface area contributed by atoms with Crippen LogP contribution in [0, 0.1) is 13.8 Å². The summed E-state index contributed by atoms with van der Waals surface area (Å²) in [7, 11) is 0. The number of rotatable bonds is 2. The van der Waals surface area contributed by atoms with E-state index >= 15 is 0 Å². The van der Waals surface area contributed by atoms with Crippen molar-refractivity contribution >= 4 is 38.9 Å². The summed E-state index contributed by atoms with van der Waals surface area (Å²) < 4.78 is 1.00. The Morgan fingerprint density at radius 1 is 1.33 bits per heavy atom. The molecule has 1 aromatic heterocycles. The summed E-state index contributed by atoms with van der Waals surface area (Å²) in [6.45, 7) is 3.85. The van der Waals surface area contributed by atoms with Crippen LogP contribution >= 0.6 is 27.3 Å². The van der Waals surface area contributed by atoms with Crippen LogP contribution in [0.1, 0.15) is 20.8 Å². The predicted molar refractivity (Wildman–Crippen MR) is 78.3 cm³/mol. The second-order valence-corrected chi connectivity index (χ2v) is 5.89. The third-order valence-electron chi connectivity index (χ3n) is 2.90. The van der Waals surface area contributed by atoms with Crippen molar-refractivity contribution in [1.82, 2.24) is 0 Å². The van der Waals surface area contributed by atoms with Gasteiger partial charge in [0.15, 0.2) is 0 Å². The minimum absolute atomic E-state index is 0.210. The summed E-state index contributed by atoms with van der Waals surface area (Å²) in [4.78, 5) is 12.2. The van der Waals surface area contributed by atoms with E-state index in [2.05, 4.69) is 15.9 Å². The van der Waals surface area contributed by atoms with Crippen LogP contribution in [0.25, 0.3) is 10.4 Å². The fourth-order valence-electron chi connectivity index (χ4n) is 1.80. The average molecular weight is 326 g/mol. The summed E-state index contributed by atoms with van der Waals surface area (Å²) in [5.41, 5.74) is 9.14. The van der Waals surface area contributed by atoms with Crippen molar-refractivity contribution < 1.29 is 9.90 Å². The van der Waals surface area contributed by atoms with Gasteiger partial charge in [-0.3, -0.25) is 0 Å². The normalized spacial score (nSPS) is 10.6. The molecule has 18 heavy (non-hydrogen) atoms. The molecule has 0 saturated heterocycles. The monoisotopic (exact) mass is 325 g/mol. The predicted octanol–water partition coefficient (Wildman–Crippen LogP) is 4.07. The molecule has 0 fully saturated rings. The lowest BCUT2D eigenvalue weighted by atomic mass is 10.0. The molecule has 0 amide bonds. The number of hydrogen-bond donors (Lipinski definition) is 2. The van der Waals surface area contributed by atoms with Gasteiger partial charge in [0, 0.05) is 9.35 Å². The number of hydrogen-bond acceptors (Lipinski definition) is 3. The van der Waals surface area contributed by atoms with Gasteiger partial charge in [-0.25, -0.2) is 4.79 Å². The van der Waals surface area contributed by atoms with Crippen LogP contribution in [0.3, 0.4) is 0 Å². The Balaban J connectivity index is 2.69. The highest BCUT2D eigenvalue weighted by atomic mass is 79.9. The second-order valence-electron chi connectivity index (χ2n) is 4.02. The first-order valence-electron chi connectivity index (χ1n) is 5.31. The molecule has 94 valence electrons. The number of benzene rings is 1. The van der Waals surface area contributed by atoms with Gasteiger partial charge in [-0.05, 0) is 36.6 Å². The van der Waals surface area contributed by atoms with E-state index in [-0.39, 0.29) is 4.88 Å². The molecule has 0 aliphatic carbocycles. The van der Waals surface area contributed by atoms with E-state index in [1.54, 1.807) is 0 Å². The Morgan fingerprint density at radius 3 is 2.56 bits per heavy atom. The van der Waals surface area contributed by atoms with Gasteiger partial charge >= 0.3 is 5.97 Å². The molecule has 1 aromatic carbocycles. The number of nitrogens with two attached hydrogens (primary N) is 1. The van der Waals surface area contributed by atoms with Gasteiger partial charge in [0.05, 0.1) is 5.69 Å². The zero-order valence-electron chi connectivity index (χ0n) is 9.95. The number of carbonyl (C=O) groups is 1. The fourth-order valence-corrected chi connectivity index (χ4v) is 3.31. The number of carboxylic acid groups (broad SMARTS) is 1. The number of carboxylic acids is 1. The zero-order valence-corrected chi connectivity index (χ0v) is 12.4. The van der Waals surface area contributed by atoms with E-state index in [4.69, 9.17) is 10.8 Å². The lowest BCUT2D eigenvalue weighted by Gasteiger charge is -2.06. The molecule has 5 heteroatoms. The van der Waals surface area contributed by atoms with E-state index in [1.807, 2.05) is 32.0 Å². The quantitative estimate of drug-likeness (QED) is 0.874. The van der Waals surface area contributed by atoms with E-state index in [0.29, 0.717) is 5.69 Å². The Labute approximate surface area is 117 Å². The number of thiophene rings is 1. The highest BCUT2D eigenvalue weighted by Crippen LogP contribution is 2.40. The largest absolute Gasteiger partial charge is 0.477 e. The first-order chi connectivity index (χ1) is 8.43. The Bertz CT molecular complexity index is 634. The molecule has 1 heterocycles. The standard InChI is InChI=1S/C13H12BrNO2S/c1-6-8(4-3-5-9(6)14)11-7(2)10(15)12(18-11)13(16)17/h3-5H,15H2,1-2H3,(H,16,17). The molecule has 3 nitrogen and oxygen atoms in total. The van der Waals surface area contributed by atoms with Gasteiger partial charge < -0.3 is 10.8 Å². The summed E-state index contributed by atoms with van der Waals surface area (Å²) in [5.74, 6) is -0.973. The van der Waals surface area contributed by atoms with Gasteiger partial charge in [0.1, 0.15) is 4.88 Å². The summed E-state index contributed by atoms with van der Waals surface area (Å²) in [6, 6.07) is 5.87. The minimum Gasteiger partial charge on any atom is -0.477 e. The maximum absolute atomic E-state index is 11.1. The highest BCUT2D eigenvalue weighted by molar-refractivity contribution is 9.10. The van der Waals surface area contributed by atoms with Crippen LogP contribution in [-0.4, -0.2) is 11.1 Å². The van der Waals surface area contributed by atoms with Crippen molar-refractivity contribution in [2.75, 3.05) is 5.73 Å². The van der Waals surface area contributed by atoms with Gasteiger partial charge in [-0.15, -0.1) is 11.3 Å². The SMILES string of the molecule is Cc1c(Br)cccc1-c1sc(C(=O)O)c(N)c1C. The smallest absolute Gasteiger partial charge is 0.348 e.